The summed E-state index contributed by atoms with van der Waals surface area (Å²) in [6.45, 7) is 4.13. The number of hydrogen-bond donors (Lipinski definition) is 1. The molecule has 9 nitrogen and oxygen atoms in total. The summed E-state index contributed by atoms with van der Waals surface area (Å²) in [6.07, 6.45) is 2.20. The van der Waals surface area contributed by atoms with Crippen molar-refractivity contribution in [1.82, 2.24) is 14.9 Å². The molecule has 0 saturated carbocycles. The summed E-state index contributed by atoms with van der Waals surface area (Å²) in [7, 11) is 0. The van der Waals surface area contributed by atoms with Gasteiger partial charge in [-0.1, -0.05) is 20.3 Å². The van der Waals surface area contributed by atoms with Crippen LogP contribution in [0.1, 0.15) is 42.9 Å². The Morgan fingerprint density at radius 2 is 2.16 bits per heavy atom. The average Bonchev–Trinajstić information content (AvgIpc) is 2.95. The standard InChI is InChI=1S/C15H19N5O4S/c1-3-5-8-24-14(21)11-9-10(20(22)23)6-7-12(11)25-15-18-17-13(4-2)19(15)16/h6-7,9H,3-5,8,16H2,1-2H3. The number of rotatable bonds is 8. The van der Waals surface area contributed by atoms with E-state index in [0.717, 1.165) is 24.6 Å². The third kappa shape index (κ3) is 4.47. The Bertz CT molecular complexity index is 777. The molecule has 10 heteroatoms. The quantitative estimate of drug-likeness (QED) is 0.249. The molecule has 1 heterocycles. The smallest absolute Gasteiger partial charge is 0.339 e. The number of benzene rings is 1. The van der Waals surface area contributed by atoms with Crippen LogP contribution in [-0.4, -0.2) is 32.4 Å². The predicted molar refractivity (Wildman–Crippen MR) is 92.0 cm³/mol. The minimum Gasteiger partial charge on any atom is -0.462 e. The molecule has 0 radical (unpaired) electrons. The lowest BCUT2D eigenvalue weighted by Crippen LogP contribution is -2.13. The van der Waals surface area contributed by atoms with Gasteiger partial charge >= 0.3 is 5.97 Å². The molecule has 0 amide bonds. The Kier molecular flexibility index (Phi) is 6.34. The number of unbranched alkanes of at least 4 members (excludes halogenated alkanes) is 1. The van der Waals surface area contributed by atoms with Crippen LogP contribution in [0.4, 0.5) is 5.69 Å². The molecule has 25 heavy (non-hydrogen) atoms. The van der Waals surface area contributed by atoms with E-state index in [0.29, 0.717) is 22.3 Å². The predicted octanol–water partition coefficient (Wildman–Crippen LogP) is 2.57. The number of nitro groups is 1. The molecule has 0 saturated heterocycles. The second kappa shape index (κ2) is 8.47. The van der Waals surface area contributed by atoms with Crippen LogP contribution >= 0.6 is 11.8 Å². The monoisotopic (exact) mass is 365 g/mol. The maximum Gasteiger partial charge on any atom is 0.339 e. The van der Waals surface area contributed by atoms with Gasteiger partial charge in [0, 0.05) is 23.4 Å². The molecule has 0 fully saturated rings. The molecule has 2 rings (SSSR count). The number of nitrogen functional groups attached to an aromatic ring is 1. The van der Waals surface area contributed by atoms with Crippen LogP contribution < -0.4 is 5.84 Å². The van der Waals surface area contributed by atoms with Crippen LogP contribution in [0.3, 0.4) is 0 Å². The van der Waals surface area contributed by atoms with Crippen LogP contribution in [-0.2, 0) is 11.2 Å². The van der Waals surface area contributed by atoms with Crippen molar-refractivity contribution < 1.29 is 14.5 Å². The SMILES string of the molecule is CCCCOC(=O)c1cc([N+](=O)[O-])ccc1Sc1nnc(CC)n1N. The van der Waals surface area contributed by atoms with Gasteiger partial charge in [-0.15, -0.1) is 10.2 Å². The third-order valence-corrected chi connectivity index (χ3v) is 4.41. The lowest BCUT2D eigenvalue weighted by Gasteiger charge is -2.09. The zero-order valence-electron chi connectivity index (χ0n) is 14.0. The van der Waals surface area contributed by atoms with E-state index >= 15 is 0 Å². The van der Waals surface area contributed by atoms with Crippen molar-refractivity contribution in [3.8, 4) is 0 Å². The summed E-state index contributed by atoms with van der Waals surface area (Å²) < 4.78 is 6.52. The highest BCUT2D eigenvalue weighted by Crippen LogP contribution is 2.32. The van der Waals surface area contributed by atoms with Crippen LogP contribution in [0, 0.1) is 10.1 Å². The number of nitrogens with zero attached hydrogens (tertiary/aromatic N) is 4. The first-order valence-corrected chi connectivity index (χ1v) is 8.62. The first-order chi connectivity index (χ1) is 12.0. The molecule has 2 N–H and O–H groups in total. The first kappa shape index (κ1) is 18.7. The first-order valence-electron chi connectivity index (χ1n) is 7.80. The largest absolute Gasteiger partial charge is 0.462 e. The van der Waals surface area contributed by atoms with Crippen molar-refractivity contribution in [2.45, 2.75) is 43.2 Å². The zero-order chi connectivity index (χ0) is 18.4. The molecule has 0 atom stereocenters. The summed E-state index contributed by atoms with van der Waals surface area (Å²) in [4.78, 5) is 23.2. The number of carbonyl (C=O) groups is 1. The minimum absolute atomic E-state index is 0.108. The molecule has 1 aromatic carbocycles. The van der Waals surface area contributed by atoms with E-state index in [1.165, 1.54) is 22.9 Å². The van der Waals surface area contributed by atoms with E-state index in [1.54, 1.807) is 0 Å². The van der Waals surface area contributed by atoms with Crippen LogP contribution in [0.15, 0.2) is 28.3 Å². The molecular formula is C15H19N5O4S. The number of esters is 1. The second-order valence-electron chi connectivity index (χ2n) is 5.15. The average molecular weight is 365 g/mol. The van der Waals surface area contributed by atoms with Gasteiger partial charge in [-0.2, -0.15) is 0 Å². The highest BCUT2D eigenvalue weighted by Gasteiger charge is 2.21. The normalized spacial score (nSPS) is 10.6. The highest BCUT2D eigenvalue weighted by molar-refractivity contribution is 7.99. The number of aromatic nitrogens is 3. The topological polar surface area (TPSA) is 126 Å². The third-order valence-electron chi connectivity index (χ3n) is 3.38. The Morgan fingerprint density at radius 1 is 1.40 bits per heavy atom. The summed E-state index contributed by atoms with van der Waals surface area (Å²) in [5, 5.41) is 19.3. The molecule has 0 aliphatic heterocycles. The van der Waals surface area contributed by atoms with E-state index in [4.69, 9.17) is 10.6 Å². The molecule has 134 valence electrons. The lowest BCUT2D eigenvalue weighted by atomic mass is 10.2. The van der Waals surface area contributed by atoms with Gasteiger partial charge in [0.25, 0.3) is 5.69 Å². The number of hydrogen-bond acceptors (Lipinski definition) is 8. The van der Waals surface area contributed by atoms with E-state index in [9.17, 15) is 14.9 Å². The molecule has 2 aromatic rings. The lowest BCUT2D eigenvalue weighted by molar-refractivity contribution is -0.384. The minimum atomic E-state index is -0.613. The molecule has 0 bridgehead atoms. The van der Waals surface area contributed by atoms with Crippen LogP contribution in [0.2, 0.25) is 0 Å². The highest BCUT2D eigenvalue weighted by atomic mass is 32.2. The maximum atomic E-state index is 12.3. The Balaban J connectivity index is 2.33. The summed E-state index contributed by atoms with van der Waals surface area (Å²) >= 11 is 1.11. The van der Waals surface area contributed by atoms with Gasteiger partial charge in [0.05, 0.1) is 17.1 Å². The van der Waals surface area contributed by atoms with Crippen molar-refractivity contribution in [1.29, 1.82) is 0 Å². The van der Waals surface area contributed by atoms with E-state index in [1.807, 2.05) is 13.8 Å². The van der Waals surface area contributed by atoms with Gasteiger partial charge in [-0.3, -0.25) is 10.1 Å². The molecule has 0 aliphatic carbocycles. The number of nitro benzene ring substituents is 1. The number of non-ortho nitro benzene ring substituents is 1. The maximum absolute atomic E-state index is 12.3. The van der Waals surface area contributed by atoms with Gasteiger partial charge in [-0.25, -0.2) is 9.47 Å². The van der Waals surface area contributed by atoms with E-state index in [-0.39, 0.29) is 17.9 Å². The summed E-state index contributed by atoms with van der Waals surface area (Å²) in [5.41, 5.74) is -0.0772. The zero-order valence-corrected chi connectivity index (χ0v) is 14.8. The van der Waals surface area contributed by atoms with Gasteiger partial charge < -0.3 is 10.6 Å². The Morgan fingerprint density at radius 3 is 2.76 bits per heavy atom. The van der Waals surface area contributed by atoms with Gasteiger partial charge in [-0.05, 0) is 24.2 Å². The molecule has 0 aliphatic rings. The van der Waals surface area contributed by atoms with Crippen molar-refractivity contribution >= 4 is 23.4 Å². The molecule has 1 aromatic heterocycles. The number of ether oxygens (including phenoxy) is 1. The van der Waals surface area contributed by atoms with Crippen molar-refractivity contribution in [2.75, 3.05) is 12.4 Å². The fourth-order valence-electron chi connectivity index (χ4n) is 1.98. The Hall–Kier alpha value is -2.62. The van der Waals surface area contributed by atoms with Crippen LogP contribution in [0.25, 0.3) is 0 Å². The van der Waals surface area contributed by atoms with Crippen molar-refractivity contribution in [3.05, 3.63) is 39.7 Å². The van der Waals surface area contributed by atoms with Gasteiger partial charge in [0.1, 0.15) is 0 Å². The van der Waals surface area contributed by atoms with Crippen LogP contribution in [0.5, 0.6) is 0 Å². The van der Waals surface area contributed by atoms with E-state index < -0.39 is 10.9 Å². The van der Waals surface area contributed by atoms with Gasteiger partial charge in [0.2, 0.25) is 5.16 Å². The number of nitrogens with two attached hydrogens (primary N) is 1. The molecule has 0 unspecified atom stereocenters. The fourth-order valence-corrected chi connectivity index (χ4v) is 2.85. The summed E-state index contributed by atoms with van der Waals surface area (Å²) in [5.74, 6) is 5.89. The van der Waals surface area contributed by atoms with E-state index in [2.05, 4.69) is 10.2 Å². The number of aryl methyl sites for hydroxylation is 1. The second-order valence-corrected chi connectivity index (χ2v) is 6.16. The summed E-state index contributed by atoms with van der Waals surface area (Å²) in [6, 6.07) is 4.01. The molecule has 0 spiro atoms. The fraction of sp³-hybridized carbons (Fsp3) is 0.400. The number of carbonyl (C=O) groups excluding carboxylic acids is 1. The van der Waals surface area contributed by atoms with Crippen molar-refractivity contribution in [3.63, 3.8) is 0 Å². The molecular weight excluding hydrogens is 346 g/mol. The van der Waals surface area contributed by atoms with Gasteiger partial charge in [0.15, 0.2) is 5.82 Å². The van der Waals surface area contributed by atoms with Crippen molar-refractivity contribution in [2.24, 2.45) is 0 Å². The Labute approximate surface area is 148 Å².